The molecule has 0 saturated heterocycles. The third-order valence-corrected chi connectivity index (χ3v) is 4.37. The summed E-state index contributed by atoms with van der Waals surface area (Å²) in [5, 5.41) is 14.9. The molecule has 0 radical (unpaired) electrons. The van der Waals surface area contributed by atoms with E-state index in [0.717, 1.165) is 22.8 Å². The molecule has 0 atom stereocenters. The third-order valence-electron chi connectivity index (χ3n) is 4.37. The van der Waals surface area contributed by atoms with Crippen molar-refractivity contribution in [1.29, 1.82) is 0 Å². The van der Waals surface area contributed by atoms with Crippen molar-refractivity contribution in [3.05, 3.63) is 64.1 Å². The molecular weight excluding hydrogens is 262 g/mol. The molecule has 3 heteroatoms. The zero-order chi connectivity index (χ0) is 14.6. The fraction of sp³-hybridized carbons (Fsp3) is 0.111. The lowest BCUT2D eigenvalue weighted by Crippen LogP contribution is -1.89. The minimum Gasteiger partial charge on any atom is -0.508 e. The van der Waals surface area contributed by atoms with Crippen LogP contribution in [0.1, 0.15) is 16.7 Å². The van der Waals surface area contributed by atoms with Crippen molar-refractivity contribution in [1.82, 2.24) is 0 Å². The van der Waals surface area contributed by atoms with Gasteiger partial charge in [-0.1, -0.05) is 12.1 Å². The summed E-state index contributed by atoms with van der Waals surface area (Å²) in [4.78, 5) is 10.7. The Morgan fingerprint density at radius 1 is 1.05 bits per heavy atom. The van der Waals surface area contributed by atoms with Crippen LogP contribution in [0.2, 0.25) is 0 Å². The quantitative estimate of drug-likeness (QED) is 0.506. The smallest absolute Gasteiger partial charge is 0.116 e. The number of hydrogen-bond acceptors (Lipinski definition) is 3. The zero-order valence-corrected chi connectivity index (χ0v) is 11.6. The molecule has 1 aliphatic carbocycles. The Morgan fingerprint density at radius 3 is 2.71 bits per heavy atom. The first-order valence-corrected chi connectivity index (χ1v) is 6.89. The summed E-state index contributed by atoms with van der Waals surface area (Å²) in [5.41, 5.74) is 6.47. The topological polar surface area (TPSA) is 49.7 Å². The molecule has 0 aromatic heterocycles. The standard InChI is InChI=1S/C18H13NO2/c1-10-16-9-14(20)4-2-11(16)7-18-15-5-3-13(19-21)6-12(15)8-17(10)18/h2-7,9,20H,8H2,1H3. The number of aryl methyl sites for hydroxylation is 1. The summed E-state index contributed by atoms with van der Waals surface area (Å²) in [7, 11) is 0. The molecule has 3 aromatic carbocycles. The van der Waals surface area contributed by atoms with Crippen LogP contribution in [-0.4, -0.2) is 5.11 Å². The number of rotatable bonds is 1. The molecule has 1 aliphatic rings. The van der Waals surface area contributed by atoms with Crippen LogP contribution in [0.25, 0.3) is 21.9 Å². The van der Waals surface area contributed by atoms with E-state index in [-0.39, 0.29) is 5.75 Å². The Labute approximate surface area is 121 Å². The van der Waals surface area contributed by atoms with Gasteiger partial charge in [0.25, 0.3) is 0 Å². The average Bonchev–Trinajstić information content (AvgIpc) is 2.86. The van der Waals surface area contributed by atoms with E-state index in [2.05, 4.69) is 18.2 Å². The number of phenolic OH excluding ortho intramolecular Hbond substituents is 1. The van der Waals surface area contributed by atoms with Crippen molar-refractivity contribution < 1.29 is 5.11 Å². The molecule has 0 fully saturated rings. The zero-order valence-electron chi connectivity index (χ0n) is 11.6. The Balaban J connectivity index is 2.02. The monoisotopic (exact) mass is 275 g/mol. The summed E-state index contributed by atoms with van der Waals surface area (Å²) in [6.07, 6.45) is 0.811. The number of hydrogen-bond donors (Lipinski definition) is 1. The summed E-state index contributed by atoms with van der Waals surface area (Å²) >= 11 is 0. The second-order valence-electron chi connectivity index (χ2n) is 5.54. The number of benzene rings is 3. The largest absolute Gasteiger partial charge is 0.508 e. The van der Waals surface area contributed by atoms with Crippen LogP contribution in [0.4, 0.5) is 5.69 Å². The van der Waals surface area contributed by atoms with E-state index >= 15 is 0 Å². The molecule has 0 heterocycles. The van der Waals surface area contributed by atoms with Crippen molar-refractivity contribution in [3.63, 3.8) is 0 Å². The van der Waals surface area contributed by atoms with E-state index < -0.39 is 0 Å². The Bertz CT molecular complexity index is 913. The van der Waals surface area contributed by atoms with Crippen molar-refractivity contribution in [2.24, 2.45) is 5.18 Å². The highest BCUT2D eigenvalue weighted by Gasteiger charge is 2.22. The molecule has 0 aliphatic heterocycles. The molecule has 0 saturated carbocycles. The molecule has 3 aromatic rings. The van der Waals surface area contributed by atoms with Gasteiger partial charge in [0.2, 0.25) is 0 Å². The van der Waals surface area contributed by atoms with Crippen molar-refractivity contribution in [3.8, 4) is 16.9 Å². The van der Waals surface area contributed by atoms with Crippen LogP contribution in [0, 0.1) is 11.8 Å². The molecule has 1 N–H and O–H groups in total. The summed E-state index contributed by atoms with van der Waals surface area (Å²) in [6.45, 7) is 2.09. The van der Waals surface area contributed by atoms with E-state index in [1.165, 1.54) is 22.3 Å². The normalized spacial score (nSPS) is 12.2. The van der Waals surface area contributed by atoms with Crippen LogP contribution in [0.3, 0.4) is 0 Å². The molecule has 0 unspecified atom stereocenters. The first-order chi connectivity index (χ1) is 10.2. The predicted molar refractivity (Wildman–Crippen MR) is 84.0 cm³/mol. The van der Waals surface area contributed by atoms with Gasteiger partial charge >= 0.3 is 0 Å². The number of nitroso groups, excluding NO2 is 1. The first kappa shape index (κ1) is 12.1. The van der Waals surface area contributed by atoms with Crippen LogP contribution >= 0.6 is 0 Å². The molecule has 21 heavy (non-hydrogen) atoms. The van der Waals surface area contributed by atoms with Gasteiger partial charge in [0.1, 0.15) is 11.4 Å². The average molecular weight is 275 g/mol. The van der Waals surface area contributed by atoms with E-state index in [1.807, 2.05) is 24.3 Å². The van der Waals surface area contributed by atoms with Gasteiger partial charge in [-0.05, 0) is 87.4 Å². The second kappa shape index (κ2) is 4.16. The van der Waals surface area contributed by atoms with Gasteiger partial charge in [-0.25, -0.2) is 0 Å². The van der Waals surface area contributed by atoms with Gasteiger partial charge in [-0.3, -0.25) is 0 Å². The number of phenols is 1. The van der Waals surface area contributed by atoms with Crippen LogP contribution in [0.5, 0.6) is 5.75 Å². The highest BCUT2D eigenvalue weighted by atomic mass is 16.3. The minimum absolute atomic E-state index is 0.286. The number of nitrogens with zero attached hydrogens (tertiary/aromatic N) is 1. The fourth-order valence-electron chi connectivity index (χ4n) is 3.31. The van der Waals surface area contributed by atoms with E-state index in [0.29, 0.717) is 5.69 Å². The highest BCUT2D eigenvalue weighted by Crippen LogP contribution is 2.42. The first-order valence-electron chi connectivity index (χ1n) is 6.89. The lowest BCUT2D eigenvalue weighted by Gasteiger charge is -2.10. The van der Waals surface area contributed by atoms with Gasteiger partial charge in [0, 0.05) is 0 Å². The molecule has 3 nitrogen and oxygen atoms in total. The van der Waals surface area contributed by atoms with E-state index in [4.69, 9.17) is 0 Å². The van der Waals surface area contributed by atoms with Gasteiger partial charge < -0.3 is 5.11 Å². The molecule has 4 rings (SSSR count). The summed E-state index contributed by atoms with van der Waals surface area (Å²) in [6, 6.07) is 13.2. The van der Waals surface area contributed by atoms with Crippen LogP contribution < -0.4 is 0 Å². The van der Waals surface area contributed by atoms with Gasteiger partial charge in [0.15, 0.2) is 0 Å². The van der Waals surface area contributed by atoms with Crippen molar-refractivity contribution in [2.45, 2.75) is 13.3 Å². The SMILES string of the molecule is Cc1c2c(cc3ccc(O)cc13)-c1ccc(N=O)cc1C2. The molecule has 0 bridgehead atoms. The summed E-state index contributed by atoms with van der Waals surface area (Å²) < 4.78 is 0. The summed E-state index contributed by atoms with van der Waals surface area (Å²) in [5.74, 6) is 0.286. The van der Waals surface area contributed by atoms with E-state index in [1.54, 1.807) is 12.1 Å². The maximum Gasteiger partial charge on any atom is 0.116 e. The van der Waals surface area contributed by atoms with Gasteiger partial charge in [-0.2, -0.15) is 0 Å². The predicted octanol–water partition coefficient (Wildman–Crippen LogP) is 4.82. The maximum atomic E-state index is 10.7. The van der Waals surface area contributed by atoms with Gasteiger partial charge in [-0.15, -0.1) is 4.91 Å². The van der Waals surface area contributed by atoms with Crippen molar-refractivity contribution >= 4 is 16.5 Å². The molecular formula is C18H13NO2. The van der Waals surface area contributed by atoms with Crippen molar-refractivity contribution in [2.75, 3.05) is 0 Å². The lowest BCUT2D eigenvalue weighted by atomic mass is 9.95. The second-order valence-corrected chi connectivity index (χ2v) is 5.54. The number of fused-ring (bicyclic) bond motifs is 4. The lowest BCUT2D eigenvalue weighted by molar-refractivity contribution is 0.476. The Morgan fingerprint density at radius 2 is 1.90 bits per heavy atom. The highest BCUT2D eigenvalue weighted by molar-refractivity contribution is 5.95. The third kappa shape index (κ3) is 1.67. The molecule has 102 valence electrons. The maximum absolute atomic E-state index is 10.7. The molecule has 0 amide bonds. The Kier molecular flexibility index (Phi) is 2.39. The van der Waals surface area contributed by atoms with Gasteiger partial charge in [0.05, 0.1) is 0 Å². The fourth-order valence-corrected chi connectivity index (χ4v) is 3.31. The Hall–Kier alpha value is -2.68. The minimum atomic E-state index is 0.286. The molecule has 0 spiro atoms. The van der Waals surface area contributed by atoms with Crippen LogP contribution in [0.15, 0.2) is 47.6 Å². The number of aromatic hydroxyl groups is 1. The van der Waals surface area contributed by atoms with Crippen LogP contribution in [-0.2, 0) is 6.42 Å². The van der Waals surface area contributed by atoms with E-state index in [9.17, 15) is 10.0 Å².